The molecule has 0 radical (unpaired) electrons. The second-order valence-electron chi connectivity index (χ2n) is 15.0. The summed E-state index contributed by atoms with van der Waals surface area (Å²) in [7, 11) is -1.00. The number of Topliss-reactive ketones (excluding diaryl/α,β-unsaturated/α-hetero) is 1. The highest BCUT2D eigenvalue weighted by molar-refractivity contribution is 6.61. The quantitative estimate of drug-likeness (QED) is 0.193. The lowest BCUT2D eigenvalue weighted by Crippen LogP contribution is -2.59. The predicted molar refractivity (Wildman–Crippen MR) is 175 cm³/mol. The molecule has 0 unspecified atom stereocenters. The van der Waals surface area contributed by atoms with E-state index in [1.165, 1.54) is 0 Å². The van der Waals surface area contributed by atoms with Crippen molar-refractivity contribution in [1.29, 1.82) is 0 Å². The number of nitrogens with one attached hydrogen (secondary N) is 1. The first-order valence-electron chi connectivity index (χ1n) is 17.2. The molecule has 2 aliphatic heterocycles. The van der Waals surface area contributed by atoms with Crippen molar-refractivity contribution in [3.63, 3.8) is 0 Å². The summed E-state index contributed by atoms with van der Waals surface area (Å²) in [6.07, 6.45) is 7.88. The maximum Gasteiger partial charge on any atom is 0.491 e. The number of hydrogen-bond acceptors (Lipinski definition) is 8. The van der Waals surface area contributed by atoms with Crippen molar-refractivity contribution in [1.82, 2.24) is 5.32 Å². The number of aliphatic hydroxyl groups excluding tert-OH is 1. The number of benzene rings is 1. The molecular formula is C36H54BNO7. The Hall–Kier alpha value is -2.20. The van der Waals surface area contributed by atoms with Crippen molar-refractivity contribution in [3.05, 3.63) is 35.9 Å². The lowest BCUT2D eigenvalue weighted by Gasteiger charge is -2.61. The zero-order valence-corrected chi connectivity index (χ0v) is 28.0. The number of aliphatic hydroxyl groups is 1. The van der Waals surface area contributed by atoms with Crippen molar-refractivity contribution >= 4 is 24.3 Å². The molecule has 4 aliphatic rings. The molecule has 1 aromatic rings. The molecule has 3 N–H and O–H groups in total. The summed E-state index contributed by atoms with van der Waals surface area (Å²) >= 11 is 0. The number of hydrogen-bond donors (Lipinski definition) is 3. The Balaban J connectivity index is 1.41. The van der Waals surface area contributed by atoms with E-state index in [0.29, 0.717) is 42.5 Å². The standard InChI is InChI=1S/C36H54BNO7/c1-7-34(6)19-31(36(8-2)22-35(13-9-23(36)3,14-10-24(4)39)25(5)33(34)41)45-32(40)21-43-27-17-28(26-11-15-38-16-12-26)29-20-44-37(42)30(29)18-27/h7,17-18,23,25-26,31,33,38,41-42H,1,8-16,19-22H2,2-6H3/t23-,25+,31-,33+,34-,35-,36+/m1/s1. The maximum absolute atomic E-state index is 13.7. The number of carbonyl (C=O) groups excluding carboxylic acids is 2. The van der Waals surface area contributed by atoms with E-state index in [1.54, 1.807) is 13.0 Å². The Morgan fingerprint density at radius 3 is 2.62 bits per heavy atom. The zero-order valence-electron chi connectivity index (χ0n) is 28.0. The Bertz CT molecular complexity index is 1270. The topological polar surface area (TPSA) is 114 Å². The van der Waals surface area contributed by atoms with Crippen LogP contribution >= 0.6 is 0 Å². The van der Waals surface area contributed by atoms with Crippen LogP contribution in [0.3, 0.4) is 0 Å². The molecule has 0 amide bonds. The van der Waals surface area contributed by atoms with E-state index in [1.807, 2.05) is 19.1 Å². The highest BCUT2D eigenvalue weighted by Crippen LogP contribution is 2.63. The number of piperidine rings is 1. The molecule has 2 aliphatic carbocycles. The number of rotatable bonds is 10. The van der Waals surface area contributed by atoms with Gasteiger partial charge in [0.2, 0.25) is 0 Å². The van der Waals surface area contributed by atoms with E-state index in [0.717, 1.165) is 69.2 Å². The molecule has 2 saturated carbocycles. The van der Waals surface area contributed by atoms with Crippen LogP contribution in [0.15, 0.2) is 24.8 Å². The van der Waals surface area contributed by atoms with Gasteiger partial charge in [-0.15, -0.1) is 6.58 Å². The van der Waals surface area contributed by atoms with E-state index in [-0.39, 0.29) is 29.1 Å². The van der Waals surface area contributed by atoms with Crippen LogP contribution in [0.25, 0.3) is 0 Å². The van der Waals surface area contributed by atoms with Crippen LogP contribution in [-0.2, 0) is 25.6 Å². The zero-order chi connectivity index (χ0) is 32.6. The van der Waals surface area contributed by atoms with Crippen LogP contribution in [0.1, 0.15) is 109 Å². The molecule has 9 heteroatoms. The number of ketones is 1. The van der Waals surface area contributed by atoms with E-state index >= 15 is 0 Å². The summed E-state index contributed by atoms with van der Waals surface area (Å²) in [5.74, 6) is 0.844. The third-order valence-corrected chi connectivity index (χ3v) is 12.6. The maximum atomic E-state index is 13.7. The second-order valence-corrected chi connectivity index (χ2v) is 15.0. The summed E-state index contributed by atoms with van der Waals surface area (Å²) < 4.78 is 18.1. The van der Waals surface area contributed by atoms with Crippen molar-refractivity contribution in [2.45, 2.75) is 117 Å². The van der Waals surface area contributed by atoms with Gasteiger partial charge in [0.1, 0.15) is 17.6 Å². The lowest BCUT2D eigenvalue weighted by atomic mass is 9.46. The molecule has 45 heavy (non-hydrogen) atoms. The number of carbonyl (C=O) groups is 2. The van der Waals surface area contributed by atoms with Gasteiger partial charge in [-0.05, 0) is 123 Å². The first kappa shape index (κ1) is 34.1. The molecule has 2 bridgehead atoms. The smallest absolute Gasteiger partial charge is 0.482 e. The van der Waals surface area contributed by atoms with Crippen LogP contribution < -0.4 is 15.5 Å². The average molecular weight is 624 g/mol. The SMILES string of the molecule is C=C[C@]1(C)C[C@@H](OC(=O)COc2cc3c(c(C4CCNCC4)c2)COB3O)[C@@]2(CC)C[C@](CCC(C)=O)(CC[C@H]2C)[C@@H](C)[C@@H]1O. The Labute approximate surface area is 269 Å². The third kappa shape index (κ3) is 6.52. The monoisotopic (exact) mass is 623 g/mol. The first-order chi connectivity index (χ1) is 21.4. The Kier molecular flexibility index (Phi) is 10.2. The molecule has 0 spiro atoms. The van der Waals surface area contributed by atoms with Crippen molar-refractivity contribution in [2.75, 3.05) is 19.7 Å². The number of esters is 1. The first-order valence-corrected chi connectivity index (χ1v) is 17.2. The van der Waals surface area contributed by atoms with E-state index in [4.69, 9.17) is 14.1 Å². The molecule has 7 atom stereocenters. The summed E-state index contributed by atoms with van der Waals surface area (Å²) in [6, 6.07) is 3.79. The fraction of sp³-hybridized carbons (Fsp3) is 0.722. The van der Waals surface area contributed by atoms with Crippen molar-refractivity contribution in [3.8, 4) is 5.75 Å². The number of ether oxygens (including phenoxy) is 2. The van der Waals surface area contributed by atoms with E-state index in [9.17, 15) is 19.7 Å². The molecule has 5 rings (SSSR count). The van der Waals surface area contributed by atoms with Crippen LogP contribution in [0.4, 0.5) is 0 Å². The molecule has 0 aromatic heterocycles. The lowest BCUT2D eigenvalue weighted by molar-refractivity contribution is -0.195. The van der Waals surface area contributed by atoms with Gasteiger partial charge < -0.3 is 34.4 Å². The molecular weight excluding hydrogens is 569 g/mol. The normalized spacial score (nSPS) is 35.2. The average Bonchev–Trinajstić information content (AvgIpc) is 3.42. The van der Waals surface area contributed by atoms with E-state index in [2.05, 4.69) is 32.7 Å². The summed E-state index contributed by atoms with van der Waals surface area (Å²) in [5.41, 5.74) is 1.65. The molecule has 1 aromatic carbocycles. The predicted octanol–water partition coefficient (Wildman–Crippen LogP) is 4.83. The molecule has 1 saturated heterocycles. The van der Waals surface area contributed by atoms with Gasteiger partial charge in [0.05, 0.1) is 12.7 Å². The van der Waals surface area contributed by atoms with Gasteiger partial charge in [0, 0.05) is 17.3 Å². The van der Waals surface area contributed by atoms with Gasteiger partial charge in [-0.1, -0.05) is 33.8 Å². The fourth-order valence-electron chi connectivity index (χ4n) is 9.33. The Morgan fingerprint density at radius 1 is 1.22 bits per heavy atom. The van der Waals surface area contributed by atoms with Crippen LogP contribution in [-0.4, -0.2) is 60.9 Å². The molecule has 2 heterocycles. The highest BCUT2D eigenvalue weighted by Gasteiger charge is 2.60. The minimum Gasteiger partial charge on any atom is -0.482 e. The van der Waals surface area contributed by atoms with Gasteiger partial charge in [-0.2, -0.15) is 0 Å². The van der Waals surface area contributed by atoms with Crippen LogP contribution in [0, 0.1) is 28.1 Å². The van der Waals surface area contributed by atoms with Gasteiger partial charge in [-0.3, -0.25) is 0 Å². The molecule has 3 fully saturated rings. The largest absolute Gasteiger partial charge is 0.491 e. The summed E-state index contributed by atoms with van der Waals surface area (Å²) in [5, 5.41) is 25.8. The minimum atomic E-state index is -1.00. The van der Waals surface area contributed by atoms with Gasteiger partial charge in [-0.25, -0.2) is 4.79 Å². The highest BCUT2D eigenvalue weighted by atomic mass is 16.6. The molecule has 248 valence electrons. The number of fused-ring (bicyclic) bond motifs is 3. The Morgan fingerprint density at radius 2 is 1.96 bits per heavy atom. The van der Waals surface area contributed by atoms with E-state index < -0.39 is 30.7 Å². The van der Waals surface area contributed by atoms with Gasteiger partial charge in [0.15, 0.2) is 6.61 Å². The fourth-order valence-corrected chi connectivity index (χ4v) is 9.33. The van der Waals surface area contributed by atoms with Crippen LogP contribution in [0.5, 0.6) is 5.75 Å². The summed E-state index contributed by atoms with van der Waals surface area (Å²) in [6.45, 7) is 16.4. The van der Waals surface area contributed by atoms with Gasteiger partial charge in [0.25, 0.3) is 0 Å². The van der Waals surface area contributed by atoms with Crippen molar-refractivity contribution < 1.29 is 33.8 Å². The third-order valence-electron chi connectivity index (χ3n) is 12.6. The van der Waals surface area contributed by atoms with Crippen molar-refractivity contribution in [2.24, 2.45) is 28.1 Å². The summed E-state index contributed by atoms with van der Waals surface area (Å²) in [4.78, 5) is 25.9. The second kappa shape index (κ2) is 13.5. The van der Waals surface area contributed by atoms with Crippen LogP contribution in [0.2, 0.25) is 0 Å². The van der Waals surface area contributed by atoms with Gasteiger partial charge >= 0.3 is 13.1 Å². The molecule has 8 nitrogen and oxygen atoms in total. The minimum absolute atomic E-state index is 0.0356.